The van der Waals surface area contributed by atoms with Crippen molar-refractivity contribution in [2.24, 2.45) is 5.92 Å². The van der Waals surface area contributed by atoms with Gasteiger partial charge in [0.05, 0.1) is 0 Å². The molecule has 1 N–H and O–H groups in total. The smallest absolute Gasteiger partial charge is 0.410 e. The van der Waals surface area contributed by atoms with E-state index in [0.29, 0.717) is 19.5 Å². The zero-order chi connectivity index (χ0) is 29.1. The number of fused-ring (bicyclic) bond motifs is 3. The van der Waals surface area contributed by atoms with E-state index in [1.165, 1.54) is 11.1 Å². The fourth-order valence-corrected chi connectivity index (χ4v) is 7.06. The highest BCUT2D eigenvalue weighted by molar-refractivity contribution is 5.79. The molecule has 8 heteroatoms. The van der Waals surface area contributed by atoms with E-state index < -0.39 is 17.7 Å². The molecule has 1 saturated carbocycles. The molecular formula is C33H42N2O6. The van der Waals surface area contributed by atoms with Gasteiger partial charge in [-0.1, -0.05) is 55.0 Å². The molecular weight excluding hydrogens is 520 g/mol. The predicted octanol–water partition coefficient (Wildman–Crippen LogP) is 6.67. The van der Waals surface area contributed by atoms with Crippen LogP contribution in [0.5, 0.6) is 0 Å². The minimum absolute atomic E-state index is 0.0132. The molecule has 2 aromatic rings. The van der Waals surface area contributed by atoms with Gasteiger partial charge in [0.1, 0.15) is 12.2 Å². The second-order valence-corrected chi connectivity index (χ2v) is 12.5. The number of likely N-dealkylation sites (tertiary alicyclic amines) is 1. The lowest BCUT2D eigenvalue weighted by molar-refractivity contribution is -0.137. The van der Waals surface area contributed by atoms with Crippen molar-refractivity contribution in [1.29, 1.82) is 0 Å². The maximum atomic E-state index is 13.8. The van der Waals surface area contributed by atoms with E-state index >= 15 is 0 Å². The van der Waals surface area contributed by atoms with Crippen LogP contribution in [0.25, 0.3) is 11.1 Å². The van der Waals surface area contributed by atoms with Gasteiger partial charge < -0.3 is 24.4 Å². The van der Waals surface area contributed by atoms with E-state index in [1.54, 1.807) is 4.90 Å². The van der Waals surface area contributed by atoms with Crippen LogP contribution in [-0.2, 0) is 14.3 Å². The summed E-state index contributed by atoms with van der Waals surface area (Å²) in [6, 6.07) is 16.3. The summed E-state index contributed by atoms with van der Waals surface area (Å²) < 4.78 is 11.8. The van der Waals surface area contributed by atoms with Crippen LogP contribution in [0.3, 0.4) is 0 Å². The maximum absolute atomic E-state index is 13.8. The van der Waals surface area contributed by atoms with E-state index in [1.807, 2.05) is 49.9 Å². The van der Waals surface area contributed by atoms with Crippen LogP contribution in [0.4, 0.5) is 9.59 Å². The average molecular weight is 563 g/mol. The van der Waals surface area contributed by atoms with Gasteiger partial charge in [-0.25, -0.2) is 9.59 Å². The first-order valence-corrected chi connectivity index (χ1v) is 15.0. The van der Waals surface area contributed by atoms with Gasteiger partial charge in [0.25, 0.3) is 0 Å². The summed E-state index contributed by atoms with van der Waals surface area (Å²) in [5.41, 5.74) is 4.06. The third-order valence-corrected chi connectivity index (χ3v) is 8.71. The minimum atomic E-state index is -0.882. The molecule has 0 bridgehead atoms. The van der Waals surface area contributed by atoms with Gasteiger partial charge in [-0.05, 0) is 75.1 Å². The fourth-order valence-electron chi connectivity index (χ4n) is 7.06. The number of hydrogen-bond acceptors (Lipinski definition) is 5. The van der Waals surface area contributed by atoms with Crippen molar-refractivity contribution in [1.82, 2.24) is 9.80 Å². The highest BCUT2D eigenvalue weighted by atomic mass is 16.6. The molecule has 2 fully saturated rings. The molecule has 2 aliphatic carbocycles. The van der Waals surface area contributed by atoms with Gasteiger partial charge in [0.15, 0.2) is 0 Å². The van der Waals surface area contributed by atoms with E-state index in [9.17, 15) is 19.5 Å². The average Bonchev–Trinajstić information content (AvgIpc) is 3.66. The zero-order valence-electron chi connectivity index (χ0n) is 24.4. The third-order valence-electron chi connectivity index (χ3n) is 8.71. The molecule has 2 amide bonds. The van der Waals surface area contributed by atoms with Crippen molar-refractivity contribution in [3.05, 3.63) is 59.7 Å². The Bertz CT molecular complexity index is 1220. The number of amides is 2. The highest BCUT2D eigenvalue weighted by Gasteiger charge is 2.45. The van der Waals surface area contributed by atoms with Crippen molar-refractivity contribution in [3.8, 4) is 11.1 Å². The van der Waals surface area contributed by atoms with Crippen LogP contribution >= 0.6 is 0 Å². The number of carbonyl (C=O) groups excluding carboxylic acids is 2. The summed E-state index contributed by atoms with van der Waals surface area (Å²) >= 11 is 0. The Morgan fingerprint density at radius 2 is 1.61 bits per heavy atom. The Balaban J connectivity index is 1.33. The molecule has 3 atom stereocenters. The Labute approximate surface area is 242 Å². The van der Waals surface area contributed by atoms with Crippen molar-refractivity contribution >= 4 is 18.2 Å². The molecule has 0 spiro atoms. The van der Waals surface area contributed by atoms with Crippen LogP contribution < -0.4 is 0 Å². The highest BCUT2D eigenvalue weighted by Crippen LogP contribution is 2.45. The van der Waals surface area contributed by atoms with Crippen molar-refractivity contribution in [2.45, 2.75) is 89.3 Å². The summed E-state index contributed by atoms with van der Waals surface area (Å²) in [6.45, 7) is 6.78. The molecule has 0 radical (unpaired) electrons. The molecule has 2 aromatic carbocycles. The first-order chi connectivity index (χ1) is 19.6. The zero-order valence-corrected chi connectivity index (χ0v) is 24.4. The number of carboxylic acids is 1. The molecule has 3 unspecified atom stereocenters. The SMILES string of the molecule is CC(C)(C)OC(=O)N1CCCC1C1CCCC1N(CCCC(=O)O)C(=O)OCC1c2ccccc2-c2ccccc21. The largest absolute Gasteiger partial charge is 0.481 e. The van der Waals surface area contributed by atoms with Gasteiger partial charge in [-0.15, -0.1) is 0 Å². The molecule has 5 rings (SSSR count). The number of hydrogen-bond donors (Lipinski definition) is 1. The Hall–Kier alpha value is -3.55. The lowest BCUT2D eigenvalue weighted by Crippen LogP contribution is -2.50. The lowest BCUT2D eigenvalue weighted by atomic mass is 9.91. The van der Waals surface area contributed by atoms with Crippen molar-refractivity contribution < 1.29 is 29.0 Å². The second kappa shape index (κ2) is 12.1. The number of aliphatic carboxylic acids is 1. The number of ether oxygens (including phenoxy) is 2. The van der Waals surface area contributed by atoms with Crippen LogP contribution in [0.1, 0.15) is 82.8 Å². The summed E-state index contributed by atoms with van der Waals surface area (Å²) in [4.78, 5) is 41.8. The summed E-state index contributed by atoms with van der Waals surface area (Å²) in [6.07, 6.45) is 4.05. The number of carbonyl (C=O) groups is 3. The van der Waals surface area contributed by atoms with Crippen LogP contribution in [0.2, 0.25) is 0 Å². The van der Waals surface area contributed by atoms with Crippen molar-refractivity contribution in [2.75, 3.05) is 19.7 Å². The van der Waals surface area contributed by atoms with Gasteiger partial charge >= 0.3 is 18.2 Å². The Morgan fingerprint density at radius 1 is 0.951 bits per heavy atom. The normalized spacial score (nSPS) is 21.8. The predicted molar refractivity (Wildman–Crippen MR) is 156 cm³/mol. The number of nitrogens with zero attached hydrogens (tertiary/aromatic N) is 2. The standard InChI is InChI=1S/C33H42N2O6/c1-33(2,3)41-32(39)35-19-9-17-29(35)26-15-8-16-28(26)34(20-10-18-30(36)37)31(38)40-21-27-24-13-6-4-11-22(24)23-12-5-7-14-25(23)27/h4-7,11-14,26-29H,8-10,15-21H2,1-3H3,(H,36,37). The Morgan fingerprint density at radius 3 is 2.24 bits per heavy atom. The Kier molecular flexibility index (Phi) is 8.57. The third kappa shape index (κ3) is 6.36. The van der Waals surface area contributed by atoms with E-state index in [-0.39, 0.29) is 43.0 Å². The molecule has 41 heavy (non-hydrogen) atoms. The van der Waals surface area contributed by atoms with Crippen LogP contribution in [-0.4, -0.2) is 70.4 Å². The molecule has 1 saturated heterocycles. The van der Waals surface area contributed by atoms with Crippen molar-refractivity contribution in [3.63, 3.8) is 0 Å². The first kappa shape index (κ1) is 29.0. The number of carboxylic acid groups (broad SMARTS) is 1. The fraction of sp³-hybridized carbons (Fsp3) is 0.545. The molecule has 1 heterocycles. The maximum Gasteiger partial charge on any atom is 0.410 e. The number of benzene rings is 2. The van der Waals surface area contributed by atoms with E-state index in [0.717, 1.165) is 43.2 Å². The van der Waals surface area contributed by atoms with Crippen LogP contribution in [0.15, 0.2) is 48.5 Å². The van der Waals surface area contributed by atoms with Gasteiger partial charge in [0.2, 0.25) is 0 Å². The molecule has 8 nitrogen and oxygen atoms in total. The number of rotatable bonds is 8. The quantitative estimate of drug-likeness (QED) is 0.386. The van der Waals surface area contributed by atoms with Gasteiger partial charge in [-0.2, -0.15) is 0 Å². The van der Waals surface area contributed by atoms with Crippen LogP contribution in [0, 0.1) is 5.92 Å². The lowest BCUT2D eigenvalue weighted by Gasteiger charge is -2.38. The van der Waals surface area contributed by atoms with Gasteiger partial charge in [0, 0.05) is 43.4 Å². The van der Waals surface area contributed by atoms with E-state index in [4.69, 9.17) is 9.47 Å². The monoisotopic (exact) mass is 562 g/mol. The molecule has 1 aliphatic heterocycles. The van der Waals surface area contributed by atoms with E-state index in [2.05, 4.69) is 24.3 Å². The summed E-state index contributed by atoms with van der Waals surface area (Å²) in [5, 5.41) is 9.28. The topological polar surface area (TPSA) is 96.4 Å². The molecule has 3 aliphatic rings. The minimum Gasteiger partial charge on any atom is -0.481 e. The second-order valence-electron chi connectivity index (χ2n) is 12.5. The summed E-state index contributed by atoms with van der Waals surface area (Å²) in [7, 11) is 0. The van der Waals surface area contributed by atoms with Gasteiger partial charge in [-0.3, -0.25) is 4.79 Å². The molecule has 220 valence electrons. The summed E-state index contributed by atoms with van der Waals surface area (Å²) in [5.74, 6) is -0.841. The first-order valence-electron chi connectivity index (χ1n) is 15.0. The molecule has 0 aromatic heterocycles.